The number of nitrogens with two attached hydrogens (primary N) is 1. The van der Waals surface area contributed by atoms with Crippen molar-refractivity contribution in [2.75, 3.05) is 48.5 Å². The Balaban J connectivity index is 1.80. The predicted molar refractivity (Wildman–Crippen MR) is 120 cm³/mol. The Labute approximate surface area is 185 Å². The highest BCUT2D eigenvalue weighted by molar-refractivity contribution is 7.90. The molecule has 0 aromatic carbocycles. The maximum atomic E-state index is 12.0. The van der Waals surface area contributed by atoms with Gasteiger partial charge in [-0.25, -0.2) is 13.4 Å². The Kier molecular flexibility index (Phi) is 5.62. The molecular weight excluding hydrogens is 432 g/mol. The number of hydrogen-bond donors (Lipinski definition) is 2. The average Bonchev–Trinajstić information content (AvgIpc) is 3.12. The van der Waals surface area contributed by atoms with Crippen LogP contribution in [-0.4, -0.2) is 60.5 Å². The number of sulfone groups is 1. The van der Waals surface area contributed by atoms with E-state index in [4.69, 9.17) is 15.5 Å². The Morgan fingerprint density at radius 3 is 2.66 bits per heavy atom. The zero-order chi connectivity index (χ0) is 23.0. The summed E-state index contributed by atoms with van der Waals surface area (Å²) in [4.78, 5) is 14.9. The number of rotatable bonds is 5. The van der Waals surface area contributed by atoms with E-state index in [1.165, 1.54) is 0 Å². The molecule has 1 unspecified atom stereocenters. The van der Waals surface area contributed by atoms with Crippen LogP contribution in [0.1, 0.15) is 24.2 Å². The number of morpholine rings is 1. The highest BCUT2D eigenvalue weighted by atomic mass is 32.2. The maximum Gasteiger partial charge on any atom is 0.250 e. The summed E-state index contributed by atoms with van der Waals surface area (Å²) in [6.45, 7) is 4.55. The second-order valence-corrected chi connectivity index (χ2v) is 9.60. The number of ether oxygens (including phenoxy) is 1. The minimum Gasteiger partial charge on any atom is -0.382 e. The van der Waals surface area contributed by atoms with Gasteiger partial charge in [0.05, 0.1) is 41.7 Å². The molecule has 11 nitrogen and oxygen atoms in total. The minimum absolute atomic E-state index is 0.0158. The molecule has 0 radical (unpaired) electrons. The fourth-order valence-corrected chi connectivity index (χ4v) is 4.20. The molecule has 4 heterocycles. The summed E-state index contributed by atoms with van der Waals surface area (Å²) in [6.07, 6.45) is 2.93. The first kappa shape index (κ1) is 21.8. The van der Waals surface area contributed by atoms with Crippen LogP contribution >= 0.6 is 0 Å². The molecule has 3 aromatic rings. The molecule has 168 valence electrons. The highest BCUT2D eigenvalue weighted by Gasteiger charge is 2.24. The maximum absolute atomic E-state index is 12.0. The molecule has 3 aromatic heterocycles. The van der Waals surface area contributed by atoms with Crippen LogP contribution in [0.15, 0.2) is 23.5 Å². The van der Waals surface area contributed by atoms with Crippen molar-refractivity contribution in [1.29, 1.82) is 5.26 Å². The van der Waals surface area contributed by atoms with Crippen molar-refractivity contribution in [2.45, 2.75) is 18.1 Å². The van der Waals surface area contributed by atoms with Crippen molar-refractivity contribution in [3.63, 3.8) is 0 Å². The lowest BCUT2D eigenvalue weighted by atomic mass is 10.1. The summed E-state index contributed by atoms with van der Waals surface area (Å²) in [6, 6.07) is 5.56. The molecule has 1 saturated heterocycles. The lowest BCUT2D eigenvalue weighted by Crippen LogP contribution is -2.37. The topological polar surface area (TPSA) is 152 Å². The molecule has 0 bridgehead atoms. The number of hydrogen-bond acceptors (Lipinski definition) is 10. The summed E-state index contributed by atoms with van der Waals surface area (Å²) in [5.74, 6) is -0.145. The lowest BCUT2D eigenvalue weighted by molar-refractivity contribution is 0.122. The molecular formula is C20H24N8O3S. The van der Waals surface area contributed by atoms with Crippen LogP contribution in [-0.2, 0) is 21.6 Å². The summed E-state index contributed by atoms with van der Waals surface area (Å²) in [5.41, 5.74) is 9.33. The molecule has 1 atom stereocenters. The van der Waals surface area contributed by atoms with Gasteiger partial charge in [0, 0.05) is 32.6 Å². The number of aryl methyl sites for hydroxylation is 1. The van der Waals surface area contributed by atoms with E-state index in [2.05, 4.69) is 26.3 Å². The molecule has 32 heavy (non-hydrogen) atoms. The third-order valence-electron chi connectivity index (χ3n) is 5.35. The normalized spacial score (nSPS) is 15.5. The second kappa shape index (κ2) is 8.25. The molecule has 4 rings (SSSR count). The van der Waals surface area contributed by atoms with Gasteiger partial charge < -0.3 is 25.3 Å². The number of nitriles is 1. The van der Waals surface area contributed by atoms with Gasteiger partial charge in [0.25, 0.3) is 5.16 Å². The van der Waals surface area contributed by atoms with Crippen LogP contribution in [0.4, 0.5) is 17.3 Å². The summed E-state index contributed by atoms with van der Waals surface area (Å²) < 4.78 is 31.5. The van der Waals surface area contributed by atoms with Crippen LogP contribution in [0, 0.1) is 11.3 Å². The van der Waals surface area contributed by atoms with Gasteiger partial charge in [-0.1, -0.05) is 0 Å². The Morgan fingerprint density at radius 2 is 2.00 bits per heavy atom. The fraction of sp³-hybridized carbons (Fsp3) is 0.400. The van der Waals surface area contributed by atoms with Gasteiger partial charge >= 0.3 is 0 Å². The molecule has 0 amide bonds. The number of pyridine rings is 1. The molecule has 12 heteroatoms. The summed E-state index contributed by atoms with van der Waals surface area (Å²) >= 11 is 0. The molecule has 1 fully saturated rings. The van der Waals surface area contributed by atoms with Crippen molar-refractivity contribution in [3.8, 4) is 6.07 Å². The standard InChI is InChI=1S/C20H24N8O3S/c1-12(23-19-13(11-21)18(22)25-20(26-19)32(3,29)30)17-16(28-6-8-31-9-7-28)10-15-14(24-17)4-5-27(15)2/h4-5,10,12H,6-9H2,1-3H3,(H3,22,23,25,26). The van der Waals surface area contributed by atoms with Crippen LogP contribution in [0.3, 0.4) is 0 Å². The fourth-order valence-electron chi connectivity index (χ4n) is 3.68. The summed E-state index contributed by atoms with van der Waals surface area (Å²) in [7, 11) is -1.75. The first-order valence-corrected chi connectivity index (χ1v) is 11.9. The van der Waals surface area contributed by atoms with E-state index in [0.29, 0.717) is 13.2 Å². The van der Waals surface area contributed by atoms with Crippen LogP contribution < -0.4 is 16.0 Å². The molecule has 1 aliphatic heterocycles. The number of nitrogens with one attached hydrogen (secondary N) is 1. The van der Waals surface area contributed by atoms with Crippen LogP contribution in [0.2, 0.25) is 0 Å². The number of aromatic nitrogens is 4. The van der Waals surface area contributed by atoms with Gasteiger partial charge in [-0.3, -0.25) is 0 Å². The van der Waals surface area contributed by atoms with E-state index < -0.39 is 21.0 Å². The highest BCUT2D eigenvalue weighted by Crippen LogP contribution is 2.32. The Hall–Kier alpha value is -3.43. The second-order valence-electron chi connectivity index (χ2n) is 7.69. The quantitative estimate of drug-likeness (QED) is 0.536. The van der Waals surface area contributed by atoms with E-state index in [1.807, 2.05) is 36.9 Å². The molecule has 0 aliphatic carbocycles. The molecule has 3 N–H and O–H groups in total. The van der Waals surface area contributed by atoms with E-state index in [1.54, 1.807) is 0 Å². The van der Waals surface area contributed by atoms with E-state index in [-0.39, 0.29) is 17.2 Å². The monoisotopic (exact) mass is 456 g/mol. The number of nitrogens with zero attached hydrogens (tertiary/aromatic N) is 6. The van der Waals surface area contributed by atoms with Crippen LogP contribution in [0.25, 0.3) is 11.0 Å². The summed E-state index contributed by atoms with van der Waals surface area (Å²) in [5, 5.41) is 12.2. The third kappa shape index (κ3) is 4.04. The first-order chi connectivity index (χ1) is 15.2. The van der Waals surface area contributed by atoms with E-state index in [0.717, 1.165) is 41.8 Å². The first-order valence-electron chi connectivity index (χ1n) is 10.0. The van der Waals surface area contributed by atoms with Crippen molar-refractivity contribution in [3.05, 3.63) is 29.6 Å². The average molecular weight is 457 g/mol. The Bertz CT molecular complexity index is 1320. The van der Waals surface area contributed by atoms with E-state index in [9.17, 15) is 13.7 Å². The van der Waals surface area contributed by atoms with Gasteiger partial charge in [0.15, 0.2) is 5.82 Å². The van der Waals surface area contributed by atoms with E-state index >= 15 is 0 Å². The Morgan fingerprint density at radius 1 is 1.28 bits per heavy atom. The van der Waals surface area contributed by atoms with Crippen molar-refractivity contribution in [2.24, 2.45) is 7.05 Å². The van der Waals surface area contributed by atoms with Gasteiger partial charge in [-0.2, -0.15) is 15.2 Å². The van der Waals surface area contributed by atoms with Gasteiger partial charge in [0.2, 0.25) is 9.84 Å². The minimum atomic E-state index is -3.72. The SMILES string of the molecule is CC(Nc1nc(S(C)(=O)=O)nc(N)c1C#N)c1nc2ccn(C)c2cc1N1CCOCC1. The number of nitrogen functional groups attached to an aromatic ring is 1. The zero-order valence-corrected chi connectivity index (χ0v) is 18.8. The van der Waals surface area contributed by atoms with Crippen molar-refractivity contribution in [1.82, 2.24) is 19.5 Å². The molecule has 0 saturated carbocycles. The van der Waals surface area contributed by atoms with Crippen molar-refractivity contribution < 1.29 is 13.2 Å². The predicted octanol–water partition coefficient (Wildman–Crippen LogP) is 1.23. The number of fused-ring (bicyclic) bond motifs is 1. The van der Waals surface area contributed by atoms with Gasteiger partial charge in [0.1, 0.15) is 17.5 Å². The zero-order valence-electron chi connectivity index (χ0n) is 18.0. The third-order valence-corrected chi connectivity index (χ3v) is 6.20. The lowest BCUT2D eigenvalue weighted by Gasteiger charge is -2.31. The van der Waals surface area contributed by atoms with Crippen LogP contribution in [0.5, 0.6) is 0 Å². The van der Waals surface area contributed by atoms with Gasteiger partial charge in [-0.15, -0.1) is 0 Å². The molecule has 1 aliphatic rings. The van der Waals surface area contributed by atoms with Gasteiger partial charge in [-0.05, 0) is 19.1 Å². The van der Waals surface area contributed by atoms with Crippen molar-refractivity contribution >= 4 is 38.2 Å². The molecule has 0 spiro atoms. The largest absolute Gasteiger partial charge is 0.382 e. The smallest absolute Gasteiger partial charge is 0.250 e. The number of anilines is 3.